The van der Waals surface area contributed by atoms with Crippen LogP contribution in [0.4, 0.5) is 4.39 Å². The lowest BCUT2D eigenvalue weighted by atomic mass is 9.94. The summed E-state index contributed by atoms with van der Waals surface area (Å²) in [5, 5.41) is 10.4. The average Bonchev–Trinajstić information content (AvgIpc) is 2.68. The molecule has 1 aromatic carbocycles. The predicted octanol–water partition coefficient (Wildman–Crippen LogP) is 3.63. The average molecular weight is 299 g/mol. The van der Waals surface area contributed by atoms with Crippen molar-refractivity contribution in [2.24, 2.45) is 0 Å². The van der Waals surface area contributed by atoms with E-state index in [9.17, 15) is 9.50 Å². The molecule has 0 aliphatic rings. The zero-order valence-corrected chi connectivity index (χ0v) is 10.9. The van der Waals surface area contributed by atoms with Gasteiger partial charge in [0.2, 0.25) is 0 Å². The van der Waals surface area contributed by atoms with E-state index in [4.69, 9.17) is 4.42 Å². The third-order valence-electron chi connectivity index (χ3n) is 2.57. The molecule has 2 aromatic rings. The van der Waals surface area contributed by atoms with Crippen LogP contribution in [-0.4, -0.2) is 5.11 Å². The lowest BCUT2D eigenvalue weighted by molar-refractivity contribution is 0.0335. The maximum absolute atomic E-state index is 12.8. The molecule has 0 radical (unpaired) electrons. The minimum Gasteiger partial charge on any atom is -0.465 e. The molecule has 1 atom stereocenters. The maximum Gasteiger partial charge on any atom is 0.149 e. The summed E-state index contributed by atoms with van der Waals surface area (Å²) in [5.41, 5.74) is -0.278. The van der Waals surface area contributed by atoms with Crippen molar-refractivity contribution in [1.29, 1.82) is 0 Å². The summed E-state index contributed by atoms with van der Waals surface area (Å²) < 4.78 is 18.7. The van der Waals surface area contributed by atoms with Gasteiger partial charge in [-0.05, 0) is 46.6 Å². The van der Waals surface area contributed by atoms with Gasteiger partial charge in [0.1, 0.15) is 17.2 Å². The fourth-order valence-corrected chi connectivity index (χ4v) is 2.39. The number of rotatable bonds is 3. The second-order valence-electron chi connectivity index (χ2n) is 4.17. The molecule has 0 aliphatic heterocycles. The summed E-state index contributed by atoms with van der Waals surface area (Å²) in [6, 6.07) is 7.79. The van der Waals surface area contributed by atoms with Crippen LogP contribution >= 0.6 is 15.9 Å². The van der Waals surface area contributed by atoms with Gasteiger partial charge in [0.05, 0.1) is 10.7 Å². The summed E-state index contributed by atoms with van der Waals surface area (Å²) in [6.07, 6.45) is 1.87. The van der Waals surface area contributed by atoms with Gasteiger partial charge in [-0.15, -0.1) is 0 Å². The molecule has 1 heterocycles. The smallest absolute Gasteiger partial charge is 0.149 e. The van der Waals surface area contributed by atoms with E-state index in [-0.39, 0.29) is 5.82 Å². The number of halogens is 2. The van der Waals surface area contributed by atoms with E-state index >= 15 is 0 Å². The fraction of sp³-hybridized carbons (Fsp3) is 0.231. The van der Waals surface area contributed by atoms with Gasteiger partial charge in [0.15, 0.2) is 0 Å². The summed E-state index contributed by atoms with van der Waals surface area (Å²) in [6.45, 7) is 1.67. The molecule has 0 bridgehead atoms. The van der Waals surface area contributed by atoms with Crippen molar-refractivity contribution in [3.8, 4) is 0 Å². The van der Waals surface area contributed by atoms with Crippen molar-refractivity contribution in [2.45, 2.75) is 18.9 Å². The molecular weight excluding hydrogens is 287 g/mol. The highest BCUT2D eigenvalue weighted by Gasteiger charge is 2.29. The van der Waals surface area contributed by atoms with Crippen molar-refractivity contribution in [1.82, 2.24) is 0 Å². The molecule has 0 saturated carbocycles. The minimum absolute atomic E-state index is 0.285. The summed E-state index contributed by atoms with van der Waals surface area (Å²) >= 11 is 3.31. The van der Waals surface area contributed by atoms with E-state index in [1.165, 1.54) is 18.4 Å². The Bertz CT molecular complexity index is 502. The molecule has 2 rings (SSSR count). The van der Waals surface area contributed by atoms with E-state index in [0.717, 1.165) is 10.0 Å². The van der Waals surface area contributed by atoms with Crippen molar-refractivity contribution in [3.63, 3.8) is 0 Å². The van der Waals surface area contributed by atoms with E-state index in [1.807, 2.05) is 0 Å². The first-order valence-electron chi connectivity index (χ1n) is 5.19. The molecule has 0 aliphatic carbocycles. The van der Waals surface area contributed by atoms with Crippen LogP contribution < -0.4 is 0 Å². The fourth-order valence-electron chi connectivity index (χ4n) is 1.76. The molecule has 17 heavy (non-hydrogen) atoms. The van der Waals surface area contributed by atoms with Gasteiger partial charge >= 0.3 is 0 Å². The van der Waals surface area contributed by atoms with E-state index in [2.05, 4.69) is 15.9 Å². The molecule has 0 saturated heterocycles. The van der Waals surface area contributed by atoms with Gasteiger partial charge in [0.25, 0.3) is 0 Å². The van der Waals surface area contributed by atoms with E-state index in [0.29, 0.717) is 12.2 Å². The van der Waals surface area contributed by atoms with E-state index < -0.39 is 5.60 Å². The second kappa shape index (κ2) is 4.63. The topological polar surface area (TPSA) is 33.4 Å². The maximum atomic E-state index is 12.8. The van der Waals surface area contributed by atoms with Gasteiger partial charge in [0, 0.05) is 6.42 Å². The molecule has 0 amide bonds. The van der Waals surface area contributed by atoms with Crippen LogP contribution in [0.25, 0.3) is 0 Å². The Morgan fingerprint density at radius 3 is 2.47 bits per heavy atom. The predicted molar refractivity (Wildman–Crippen MR) is 66.1 cm³/mol. The third kappa shape index (κ3) is 2.76. The molecular formula is C13H12BrFO2. The Kier molecular flexibility index (Phi) is 3.35. The van der Waals surface area contributed by atoms with Crippen LogP contribution in [0.5, 0.6) is 0 Å². The Labute approximate surface area is 107 Å². The standard InChI is InChI=1S/C13H12BrFO2/c1-13(16,12-11(14)6-7-17-12)8-9-2-4-10(15)5-3-9/h2-7,16H,8H2,1H3. The van der Waals surface area contributed by atoms with Gasteiger partial charge in [-0.1, -0.05) is 12.1 Å². The minimum atomic E-state index is -1.12. The Morgan fingerprint density at radius 1 is 1.29 bits per heavy atom. The van der Waals surface area contributed by atoms with Gasteiger partial charge in [-0.3, -0.25) is 0 Å². The lowest BCUT2D eigenvalue weighted by Crippen LogP contribution is -2.24. The quantitative estimate of drug-likeness (QED) is 0.939. The van der Waals surface area contributed by atoms with Crippen LogP contribution in [0.3, 0.4) is 0 Å². The molecule has 1 N–H and O–H groups in total. The SMILES string of the molecule is CC(O)(Cc1ccc(F)cc1)c1occc1Br. The highest BCUT2D eigenvalue weighted by molar-refractivity contribution is 9.10. The highest BCUT2D eigenvalue weighted by Crippen LogP contribution is 2.32. The zero-order valence-electron chi connectivity index (χ0n) is 9.28. The summed E-state index contributed by atoms with van der Waals surface area (Å²) in [7, 11) is 0. The Hall–Kier alpha value is -1.13. The number of hydrogen-bond acceptors (Lipinski definition) is 2. The Morgan fingerprint density at radius 2 is 1.94 bits per heavy atom. The summed E-state index contributed by atoms with van der Waals surface area (Å²) in [4.78, 5) is 0. The molecule has 4 heteroatoms. The molecule has 2 nitrogen and oxygen atoms in total. The molecule has 0 fully saturated rings. The first kappa shape index (κ1) is 12.3. The molecule has 0 spiro atoms. The van der Waals surface area contributed by atoms with Crippen LogP contribution in [0.2, 0.25) is 0 Å². The third-order valence-corrected chi connectivity index (χ3v) is 3.19. The van der Waals surface area contributed by atoms with Crippen LogP contribution in [0.15, 0.2) is 45.5 Å². The zero-order chi connectivity index (χ0) is 12.5. The van der Waals surface area contributed by atoms with Gasteiger partial charge in [-0.2, -0.15) is 0 Å². The monoisotopic (exact) mass is 298 g/mol. The van der Waals surface area contributed by atoms with Crippen LogP contribution in [-0.2, 0) is 12.0 Å². The van der Waals surface area contributed by atoms with Gasteiger partial charge < -0.3 is 9.52 Å². The summed E-state index contributed by atoms with van der Waals surface area (Å²) in [5.74, 6) is 0.189. The Balaban J connectivity index is 2.23. The molecule has 1 aromatic heterocycles. The molecule has 90 valence electrons. The van der Waals surface area contributed by atoms with Crippen molar-refractivity contribution < 1.29 is 13.9 Å². The normalized spacial score (nSPS) is 14.6. The molecule has 1 unspecified atom stereocenters. The number of aliphatic hydroxyl groups is 1. The second-order valence-corrected chi connectivity index (χ2v) is 5.03. The number of hydrogen-bond donors (Lipinski definition) is 1. The van der Waals surface area contributed by atoms with Crippen LogP contribution in [0, 0.1) is 5.82 Å². The highest BCUT2D eigenvalue weighted by atomic mass is 79.9. The van der Waals surface area contributed by atoms with Crippen LogP contribution in [0.1, 0.15) is 18.2 Å². The lowest BCUT2D eigenvalue weighted by Gasteiger charge is -2.21. The largest absolute Gasteiger partial charge is 0.465 e. The first-order chi connectivity index (χ1) is 7.99. The number of furan rings is 1. The van der Waals surface area contributed by atoms with Crippen molar-refractivity contribution >= 4 is 15.9 Å². The number of benzene rings is 1. The van der Waals surface area contributed by atoms with Crippen molar-refractivity contribution in [2.75, 3.05) is 0 Å². The van der Waals surface area contributed by atoms with Gasteiger partial charge in [-0.25, -0.2) is 4.39 Å². The van der Waals surface area contributed by atoms with Crippen molar-refractivity contribution in [3.05, 3.63) is 58.2 Å². The van der Waals surface area contributed by atoms with E-state index in [1.54, 1.807) is 25.1 Å². The first-order valence-corrected chi connectivity index (χ1v) is 5.98.